The van der Waals surface area contributed by atoms with E-state index in [4.69, 9.17) is 0 Å². The number of hydrogen-bond acceptors (Lipinski definition) is 0. The first kappa shape index (κ1) is 49.8. The first-order chi connectivity index (χ1) is 43.0. The van der Waals surface area contributed by atoms with Crippen LogP contribution in [0.4, 0.5) is 0 Å². The second-order valence-corrected chi connectivity index (χ2v) is 27.3. The van der Waals surface area contributed by atoms with Crippen LogP contribution < -0.4 is 0 Å². The van der Waals surface area contributed by atoms with Crippen LogP contribution >= 0.6 is 0 Å². The van der Waals surface area contributed by atoms with Gasteiger partial charge in [-0.1, -0.05) is 284 Å². The Hall–Kier alpha value is -10.4. The summed E-state index contributed by atoms with van der Waals surface area (Å²) >= 11 is 0. The van der Waals surface area contributed by atoms with Gasteiger partial charge in [-0.3, -0.25) is 0 Å². The van der Waals surface area contributed by atoms with Crippen molar-refractivity contribution in [2.24, 2.45) is 0 Å². The van der Waals surface area contributed by atoms with Gasteiger partial charge in [0.05, 0.1) is 0 Å². The summed E-state index contributed by atoms with van der Waals surface area (Å²) in [6.07, 6.45) is 0. The molecule has 0 atom stereocenters. The van der Waals surface area contributed by atoms with E-state index in [0.717, 1.165) is 0 Å². The maximum atomic E-state index is 2.58. The predicted octanol–water partition coefficient (Wildman–Crippen LogP) is 25.3. The van der Waals surface area contributed by atoms with E-state index in [0.29, 0.717) is 0 Å². The van der Waals surface area contributed by atoms with E-state index in [1.165, 1.54) is 208 Å². The summed E-state index contributed by atoms with van der Waals surface area (Å²) < 4.78 is 0. The van der Waals surface area contributed by atoms with Gasteiger partial charge in [0.25, 0.3) is 0 Å². The van der Waals surface area contributed by atoms with E-state index in [9.17, 15) is 0 Å². The molecular weight excluding hydrogens is 1060 g/mol. The van der Waals surface area contributed by atoms with Gasteiger partial charge >= 0.3 is 0 Å². The van der Waals surface area contributed by atoms with Crippen LogP contribution in [0, 0.1) is 0 Å². The summed E-state index contributed by atoms with van der Waals surface area (Å²) in [5.41, 5.74) is 20.8. The van der Waals surface area contributed by atoms with Crippen LogP contribution in [0.15, 0.2) is 255 Å². The summed E-state index contributed by atoms with van der Waals surface area (Å²) in [5.74, 6) is 0. The molecule has 0 amide bonds. The molecule has 0 unspecified atom stereocenters. The Kier molecular flexibility index (Phi) is 9.98. The molecule has 1 aliphatic rings. The molecule has 18 aromatic rings. The highest BCUT2D eigenvalue weighted by atomic mass is 14.4. The zero-order chi connectivity index (χ0) is 58.6. The van der Waals surface area contributed by atoms with Gasteiger partial charge in [-0.2, -0.15) is 0 Å². The molecule has 0 nitrogen and oxygen atoms in total. The highest BCUT2D eigenvalue weighted by Gasteiger charge is 2.34. The predicted molar refractivity (Wildman–Crippen MR) is 382 cm³/mol. The minimum atomic E-state index is 0.00776. The topological polar surface area (TPSA) is 0 Å². The highest BCUT2D eigenvalue weighted by Crippen LogP contribution is 2.61. The van der Waals surface area contributed by atoms with Crippen molar-refractivity contribution in [2.75, 3.05) is 0 Å². The van der Waals surface area contributed by atoms with Crippen molar-refractivity contribution in [3.05, 3.63) is 266 Å². The summed E-state index contributed by atoms with van der Waals surface area (Å²) in [6, 6.07) is 98.1. The third kappa shape index (κ3) is 6.65. The van der Waals surface area contributed by atoms with Crippen LogP contribution in [0.5, 0.6) is 0 Å². The third-order valence-electron chi connectivity index (χ3n) is 20.5. The van der Waals surface area contributed by atoms with Gasteiger partial charge in [0.1, 0.15) is 0 Å². The quantitative estimate of drug-likeness (QED) is 0.119. The molecule has 0 radical (unpaired) electrons. The lowest BCUT2D eigenvalue weighted by Gasteiger charge is -2.26. The van der Waals surface area contributed by atoms with E-state index in [1.807, 2.05) is 0 Å². The summed E-state index contributed by atoms with van der Waals surface area (Å²) in [4.78, 5) is 0. The fourth-order valence-corrected chi connectivity index (χ4v) is 16.6. The number of fused-ring (bicyclic) bond motifs is 13. The molecule has 1 aliphatic carbocycles. The van der Waals surface area contributed by atoms with Crippen molar-refractivity contribution in [1.29, 1.82) is 0 Å². The average Bonchev–Trinajstić information content (AvgIpc) is 1.49. The summed E-state index contributed by atoms with van der Waals surface area (Å²) in [7, 11) is 0. The van der Waals surface area contributed by atoms with E-state index in [1.54, 1.807) is 0 Å². The van der Waals surface area contributed by atoms with E-state index >= 15 is 0 Å². The van der Waals surface area contributed by atoms with Crippen molar-refractivity contribution < 1.29 is 0 Å². The van der Waals surface area contributed by atoms with Gasteiger partial charge < -0.3 is 0 Å². The Morgan fingerprint density at radius 1 is 0.170 bits per heavy atom. The standard InChI is InChI=1S/C88H60/c1-87(2,3)54-44-53(45-55(46-54)88(4,5)6)56-34-35-65-71-48-73-72(47-70(71)60-33-21-32-57(56)78(60)65)76(51-26-15-9-16-27-51)85-68-42-38-63-61-36-40-66-81-67(41-37-62(79(61)81)64-39-43-69(82(68)80(63)64)86(85)77(73)52-28-17-10-18-29-52)84-75(50-24-13-8-14-25-50)59-31-20-19-30-58(59)74(83(66)84)49-22-11-7-12-23-49/h7-48H,1-6H3. The first-order valence-electron chi connectivity index (χ1n) is 31.4. The van der Waals surface area contributed by atoms with Gasteiger partial charge in [-0.05, 0) is 230 Å². The monoisotopic (exact) mass is 1120 g/mol. The molecule has 0 N–H and O–H groups in total. The number of benzene rings is 16. The van der Waals surface area contributed by atoms with Crippen LogP contribution in [0.2, 0.25) is 0 Å². The molecule has 0 bridgehead atoms. The average molecular weight is 1120 g/mol. The maximum absolute atomic E-state index is 2.58. The molecule has 0 aliphatic heterocycles. The van der Waals surface area contributed by atoms with Crippen molar-refractivity contribution in [3.63, 3.8) is 0 Å². The molecule has 0 saturated heterocycles. The SMILES string of the molecule is CC(C)(C)c1cc(-c2ccc3c4cc5c(-c6ccccc6)c6c7ccc8c9ccc%10c%11c(ccc(c%12ccc(c6c(-c6ccccc6)c5cc4c4cccc2c43)c7c%128)c%119)-c2c-%10c(-c3ccccc3)c3ccccc3c2-c2ccccc2)cc(C(C)(C)C)c1. The molecule has 0 fully saturated rings. The van der Waals surface area contributed by atoms with Crippen molar-refractivity contribution in [3.8, 4) is 77.9 Å². The zero-order valence-electron chi connectivity index (χ0n) is 50.2. The third-order valence-corrected chi connectivity index (χ3v) is 20.5. The summed E-state index contributed by atoms with van der Waals surface area (Å²) in [6.45, 7) is 14.0. The largest absolute Gasteiger partial charge is 0.0622 e. The normalized spacial score (nSPS) is 12.9. The molecular formula is C88H60. The Bertz CT molecular complexity index is 5670. The lowest BCUT2D eigenvalue weighted by Crippen LogP contribution is -2.16. The van der Waals surface area contributed by atoms with Gasteiger partial charge in [0, 0.05) is 0 Å². The number of hydrogen-bond donors (Lipinski definition) is 0. The van der Waals surface area contributed by atoms with E-state index in [-0.39, 0.29) is 10.8 Å². The Labute approximate surface area is 511 Å². The highest BCUT2D eigenvalue weighted by molar-refractivity contribution is 6.48. The second-order valence-electron chi connectivity index (χ2n) is 27.3. The molecule has 0 aromatic heterocycles. The Balaban J connectivity index is 0.919. The molecule has 412 valence electrons. The molecule has 88 heavy (non-hydrogen) atoms. The minimum Gasteiger partial charge on any atom is -0.0622 e. The first-order valence-corrected chi connectivity index (χ1v) is 31.4. The fourth-order valence-electron chi connectivity index (χ4n) is 16.6. The van der Waals surface area contributed by atoms with Gasteiger partial charge in [0.2, 0.25) is 0 Å². The minimum absolute atomic E-state index is 0.00776. The zero-order valence-corrected chi connectivity index (χ0v) is 50.2. The molecule has 0 heterocycles. The fraction of sp³-hybridized carbons (Fsp3) is 0.0909. The Morgan fingerprint density at radius 2 is 0.500 bits per heavy atom. The molecule has 18 aromatic carbocycles. The summed E-state index contributed by atoms with van der Waals surface area (Å²) in [5, 5.41) is 28.9. The van der Waals surface area contributed by atoms with Crippen LogP contribution in [-0.2, 0) is 10.8 Å². The lowest BCUT2D eigenvalue weighted by atomic mass is 9.78. The van der Waals surface area contributed by atoms with Gasteiger partial charge in [-0.25, -0.2) is 0 Å². The molecule has 0 heteroatoms. The van der Waals surface area contributed by atoms with Crippen LogP contribution in [0.1, 0.15) is 52.7 Å². The Morgan fingerprint density at radius 3 is 0.943 bits per heavy atom. The van der Waals surface area contributed by atoms with E-state index in [2.05, 4.69) is 296 Å². The van der Waals surface area contributed by atoms with Crippen LogP contribution in [0.3, 0.4) is 0 Å². The van der Waals surface area contributed by atoms with Crippen molar-refractivity contribution in [1.82, 2.24) is 0 Å². The lowest BCUT2D eigenvalue weighted by molar-refractivity contribution is 0.569. The molecule has 0 spiro atoms. The number of rotatable bonds is 5. The van der Waals surface area contributed by atoms with Crippen molar-refractivity contribution >= 4 is 118 Å². The maximum Gasteiger partial charge on any atom is -0.000740 e. The van der Waals surface area contributed by atoms with Crippen molar-refractivity contribution in [2.45, 2.75) is 52.4 Å². The second kappa shape index (κ2) is 17.6. The van der Waals surface area contributed by atoms with Crippen LogP contribution in [-0.4, -0.2) is 0 Å². The van der Waals surface area contributed by atoms with Gasteiger partial charge in [-0.15, -0.1) is 0 Å². The van der Waals surface area contributed by atoms with Crippen LogP contribution in [0.25, 0.3) is 196 Å². The van der Waals surface area contributed by atoms with E-state index < -0.39 is 0 Å². The molecule has 0 saturated carbocycles. The van der Waals surface area contributed by atoms with Gasteiger partial charge in [0.15, 0.2) is 0 Å². The smallest absolute Gasteiger partial charge is 0.000740 e. The molecule has 19 rings (SSSR count).